The number of para-hydroxylation sites is 1. The number of aromatic nitrogens is 3. The summed E-state index contributed by atoms with van der Waals surface area (Å²) in [6.07, 6.45) is 2.94. The zero-order valence-electron chi connectivity index (χ0n) is 13.6. The molecule has 3 aromatic rings. The molecule has 2 aromatic heterocycles. The van der Waals surface area contributed by atoms with E-state index in [9.17, 15) is 9.59 Å². The number of aromatic amines is 1. The van der Waals surface area contributed by atoms with Crippen LogP contribution in [0.2, 0.25) is 0 Å². The molecule has 0 saturated heterocycles. The lowest BCUT2D eigenvalue weighted by molar-refractivity contribution is 0.0986. The van der Waals surface area contributed by atoms with Crippen molar-refractivity contribution in [2.75, 3.05) is 32.1 Å². The Bertz CT molecular complexity index is 898. The first-order chi connectivity index (χ1) is 11.6. The van der Waals surface area contributed by atoms with Crippen molar-refractivity contribution in [3.05, 3.63) is 64.7 Å². The minimum absolute atomic E-state index is 0.195. The molecule has 0 fully saturated rings. The van der Waals surface area contributed by atoms with E-state index >= 15 is 0 Å². The number of carbonyl (C=O) groups is 1. The predicted molar refractivity (Wildman–Crippen MR) is 92.5 cm³/mol. The largest absolute Gasteiger partial charge is 0.308 e. The maximum absolute atomic E-state index is 13.1. The van der Waals surface area contributed by atoms with Gasteiger partial charge in [0.1, 0.15) is 5.56 Å². The molecule has 1 amide bonds. The first kappa shape index (κ1) is 15.9. The highest BCUT2D eigenvalue weighted by atomic mass is 16.2. The molecule has 0 unspecified atom stereocenters. The number of likely N-dealkylation sites (N-methyl/N-ethyl adjacent to an activating group) is 1. The first-order valence-corrected chi connectivity index (χ1v) is 7.65. The summed E-state index contributed by atoms with van der Waals surface area (Å²) in [6.45, 7) is 1.25. The summed E-state index contributed by atoms with van der Waals surface area (Å²) in [4.78, 5) is 32.8. The van der Waals surface area contributed by atoms with Crippen LogP contribution in [0.5, 0.6) is 0 Å². The second kappa shape index (κ2) is 6.67. The van der Waals surface area contributed by atoms with Gasteiger partial charge in [0, 0.05) is 37.2 Å². The van der Waals surface area contributed by atoms with Gasteiger partial charge in [0.2, 0.25) is 0 Å². The van der Waals surface area contributed by atoms with E-state index in [0.717, 1.165) is 12.2 Å². The third-order valence-electron chi connectivity index (χ3n) is 3.74. The number of nitrogens with zero attached hydrogens (tertiary/aromatic N) is 4. The van der Waals surface area contributed by atoms with E-state index in [4.69, 9.17) is 0 Å². The van der Waals surface area contributed by atoms with E-state index in [1.54, 1.807) is 4.90 Å². The standard InChI is InChI=1S/C17H19N5O2/c1-20(2)10-11-21(13-6-4-3-5-7-13)17(24)14-12-19-22-15(23)8-9-18-16(14)22/h3-9,12,19H,10-11H2,1-2H3. The van der Waals surface area contributed by atoms with Crippen LogP contribution in [0.4, 0.5) is 5.69 Å². The van der Waals surface area contributed by atoms with Crippen LogP contribution in [-0.2, 0) is 0 Å². The van der Waals surface area contributed by atoms with E-state index in [2.05, 4.69) is 10.1 Å². The number of carbonyl (C=O) groups excluding carboxylic acids is 1. The minimum Gasteiger partial charge on any atom is -0.308 e. The van der Waals surface area contributed by atoms with Gasteiger partial charge in [-0.2, -0.15) is 0 Å². The van der Waals surface area contributed by atoms with Crippen LogP contribution in [0.15, 0.2) is 53.6 Å². The zero-order chi connectivity index (χ0) is 17.1. The average Bonchev–Trinajstić information content (AvgIpc) is 3.01. The Morgan fingerprint density at radius 1 is 1.17 bits per heavy atom. The third-order valence-corrected chi connectivity index (χ3v) is 3.74. The van der Waals surface area contributed by atoms with Gasteiger partial charge in [-0.15, -0.1) is 0 Å². The maximum atomic E-state index is 13.1. The van der Waals surface area contributed by atoms with Crippen LogP contribution in [-0.4, -0.2) is 52.6 Å². The van der Waals surface area contributed by atoms with Crippen molar-refractivity contribution in [1.82, 2.24) is 19.5 Å². The smallest absolute Gasteiger partial charge is 0.272 e. The number of benzene rings is 1. The van der Waals surface area contributed by atoms with Crippen molar-refractivity contribution >= 4 is 17.2 Å². The number of anilines is 1. The summed E-state index contributed by atoms with van der Waals surface area (Å²) in [7, 11) is 3.92. The summed E-state index contributed by atoms with van der Waals surface area (Å²) in [6, 6.07) is 10.8. The molecule has 0 atom stereocenters. The number of H-pyrrole nitrogens is 1. The zero-order valence-corrected chi connectivity index (χ0v) is 13.6. The molecule has 0 bridgehead atoms. The van der Waals surface area contributed by atoms with Crippen LogP contribution in [0.25, 0.3) is 5.65 Å². The molecule has 3 rings (SSSR count). The Morgan fingerprint density at radius 2 is 1.92 bits per heavy atom. The fourth-order valence-electron chi connectivity index (χ4n) is 2.48. The highest BCUT2D eigenvalue weighted by molar-refractivity contribution is 6.09. The van der Waals surface area contributed by atoms with Crippen molar-refractivity contribution < 1.29 is 4.79 Å². The van der Waals surface area contributed by atoms with Crippen LogP contribution in [0, 0.1) is 0 Å². The van der Waals surface area contributed by atoms with Gasteiger partial charge in [-0.3, -0.25) is 14.7 Å². The molecule has 0 saturated carbocycles. The molecule has 0 aliphatic rings. The van der Waals surface area contributed by atoms with Gasteiger partial charge in [0.15, 0.2) is 5.65 Å². The molecular formula is C17H19N5O2. The Morgan fingerprint density at radius 3 is 2.62 bits per heavy atom. The summed E-state index contributed by atoms with van der Waals surface area (Å²) >= 11 is 0. The van der Waals surface area contributed by atoms with Crippen molar-refractivity contribution in [3.8, 4) is 0 Å². The fraction of sp³-hybridized carbons (Fsp3) is 0.235. The molecule has 7 heteroatoms. The minimum atomic E-state index is -0.251. The number of fused-ring (bicyclic) bond motifs is 1. The molecule has 1 aromatic carbocycles. The van der Waals surface area contributed by atoms with E-state index in [1.807, 2.05) is 49.3 Å². The van der Waals surface area contributed by atoms with Gasteiger partial charge in [0.05, 0.1) is 0 Å². The van der Waals surface area contributed by atoms with Gasteiger partial charge in [-0.1, -0.05) is 18.2 Å². The number of hydrogen-bond acceptors (Lipinski definition) is 4. The third kappa shape index (κ3) is 3.07. The van der Waals surface area contributed by atoms with Gasteiger partial charge in [-0.05, 0) is 26.2 Å². The molecule has 0 radical (unpaired) electrons. The van der Waals surface area contributed by atoms with Crippen LogP contribution in [0.1, 0.15) is 10.4 Å². The molecule has 124 valence electrons. The lowest BCUT2D eigenvalue weighted by atomic mass is 10.2. The quantitative estimate of drug-likeness (QED) is 0.766. The molecule has 1 N–H and O–H groups in total. The number of rotatable bonds is 5. The Labute approximate surface area is 139 Å². The van der Waals surface area contributed by atoms with Gasteiger partial charge >= 0.3 is 0 Å². The van der Waals surface area contributed by atoms with E-state index in [0.29, 0.717) is 17.8 Å². The van der Waals surface area contributed by atoms with Crippen molar-refractivity contribution in [1.29, 1.82) is 0 Å². The van der Waals surface area contributed by atoms with E-state index < -0.39 is 0 Å². The van der Waals surface area contributed by atoms with E-state index in [-0.39, 0.29) is 11.5 Å². The van der Waals surface area contributed by atoms with Gasteiger partial charge in [-0.25, -0.2) is 9.50 Å². The van der Waals surface area contributed by atoms with Crippen LogP contribution in [0.3, 0.4) is 0 Å². The average molecular weight is 325 g/mol. The normalized spacial score (nSPS) is 11.1. The number of hydrogen-bond donors (Lipinski definition) is 1. The summed E-state index contributed by atoms with van der Waals surface area (Å²) in [5, 5.41) is 2.79. The highest BCUT2D eigenvalue weighted by Crippen LogP contribution is 2.18. The molecule has 24 heavy (non-hydrogen) atoms. The highest BCUT2D eigenvalue weighted by Gasteiger charge is 2.22. The Balaban J connectivity index is 2.01. The molecule has 0 aliphatic heterocycles. The first-order valence-electron chi connectivity index (χ1n) is 7.65. The molecular weight excluding hydrogens is 306 g/mol. The van der Waals surface area contributed by atoms with Crippen LogP contribution >= 0.6 is 0 Å². The fourth-order valence-corrected chi connectivity index (χ4v) is 2.48. The van der Waals surface area contributed by atoms with Crippen molar-refractivity contribution in [3.63, 3.8) is 0 Å². The van der Waals surface area contributed by atoms with Gasteiger partial charge < -0.3 is 9.80 Å². The van der Waals surface area contributed by atoms with Crippen LogP contribution < -0.4 is 10.5 Å². The van der Waals surface area contributed by atoms with E-state index in [1.165, 1.54) is 23.0 Å². The number of amides is 1. The second-order valence-electron chi connectivity index (χ2n) is 5.72. The summed E-state index contributed by atoms with van der Waals surface area (Å²) in [5.74, 6) is -0.195. The maximum Gasteiger partial charge on any atom is 0.272 e. The van der Waals surface area contributed by atoms with Crippen molar-refractivity contribution in [2.24, 2.45) is 0 Å². The number of nitrogens with one attached hydrogen (secondary N) is 1. The van der Waals surface area contributed by atoms with Gasteiger partial charge in [0.25, 0.3) is 11.5 Å². The Kier molecular flexibility index (Phi) is 4.43. The lowest BCUT2D eigenvalue weighted by Gasteiger charge is -2.24. The Hall–Kier alpha value is -2.93. The molecule has 7 nitrogen and oxygen atoms in total. The monoisotopic (exact) mass is 325 g/mol. The summed E-state index contributed by atoms with van der Waals surface area (Å²) in [5.41, 5.74) is 1.26. The lowest BCUT2D eigenvalue weighted by Crippen LogP contribution is -2.36. The molecule has 0 spiro atoms. The SMILES string of the molecule is CN(C)CCN(C(=O)c1c[nH]n2c(=O)ccnc12)c1ccccc1. The molecule has 2 heterocycles. The summed E-state index contributed by atoms with van der Waals surface area (Å²) < 4.78 is 1.27. The second-order valence-corrected chi connectivity index (χ2v) is 5.72. The topological polar surface area (TPSA) is 73.7 Å². The van der Waals surface area contributed by atoms with Crippen molar-refractivity contribution in [2.45, 2.75) is 0 Å². The molecule has 0 aliphatic carbocycles. The predicted octanol–water partition coefficient (Wildman–Crippen LogP) is 1.23.